The van der Waals surface area contributed by atoms with Crippen LogP contribution in [0.15, 0.2) is 24.3 Å². The zero-order valence-electron chi connectivity index (χ0n) is 34.4. The lowest BCUT2D eigenvalue weighted by Gasteiger charge is -2.18. The van der Waals surface area contributed by atoms with E-state index in [1.54, 1.807) is 0 Å². The zero-order chi connectivity index (χ0) is 38.9. The van der Waals surface area contributed by atoms with Crippen LogP contribution in [-0.2, 0) is 28.2 Å². The van der Waals surface area contributed by atoms with Gasteiger partial charge in [-0.3, -0.25) is 14.1 Å². The summed E-state index contributed by atoms with van der Waals surface area (Å²) in [5, 5.41) is 0. The SMILES string of the molecule is CCCCCCCCCCCCCCCC/C=C/CC/C=C/CCCC(=O)O[C@H](COC(=O)CCCCCCCCCCCCCC)COP(=O)(O)O. The van der Waals surface area contributed by atoms with Gasteiger partial charge in [0.25, 0.3) is 0 Å². The maximum atomic E-state index is 12.4. The molecule has 0 heterocycles. The van der Waals surface area contributed by atoms with Crippen molar-refractivity contribution in [3.63, 3.8) is 0 Å². The molecule has 53 heavy (non-hydrogen) atoms. The first-order chi connectivity index (χ1) is 25.8. The van der Waals surface area contributed by atoms with Gasteiger partial charge in [-0.2, -0.15) is 0 Å². The Balaban J connectivity index is 3.89. The monoisotopic (exact) mass is 771 g/mol. The second-order valence-corrected chi connectivity index (χ2v) is 16.3. The molecule has 9 heteroatoms. The molecule has 0 aromatic carbocycles. The minimum absolute atomic E-state index is 0.155. The van der Waals surface area contributed by atoms with Crippen LogP contribution >= 0.6 is 7.82 Å². The first-order valence-corrected chi connectivity index (χ1v) is 23.7. The van der Waals surface area contributed by atoms with Crippen LogP contribution in [0.3, 0.4) is 0 Å². The van der Waals surface area contributed by atoms with E-state index in [-0.39, 0.29) is 19.4 Å². The fourth-order valence-corrected chi connectivity index (χ4v) is 6.75. The quantitative estimate of drug-likeness (QED) is 0.0273. The summed E-state index contributed by atoms with van der Waals surface area (Å²) in [6.45, 7) is 3.67. The molecule has 0 amide bonds. The molecule has 0 radical (unpaired) electrons. The Morgan fingerprint density at radius 2 is 0.830 bits per heavy atom. The molecule has 0 aromatic rings. The van der Waals surface area contributed by atoms with Crippen LogP contribution in [0.1, 0.15) is 226 Å². The number of carbonyl (C=O) groups excluding carboxylic acids is 2. The molecule has 2 N–H and O–H groups in total. The number of rotatable bonds is 41. The van der Waals surface area contributed by atoms with Gasteiger partial charge in [0.2, 0.25) is 0 Å². The minimum Gasteiger partial charge on any atom is -0.462 e. The molecule has 0 aliphatic rings. The van der Waals surface area contributed by atoms with Crippen LogP contribution in [0.5, 0.6) is 0 Å². The van der Waals surface area contributed by atoms with Crippen molar-refractivity contribution < 1.29 is 37.9 Å². The molecule has 0 saturated heterocycles. The van der Waals surface area contributed by atoms with Crippen molar-refractivity contribution in [3.8, 4) is 0 Å². The topological polar surface area (TPSA) is 119 Å². The third-order valence-electron chi connectivity index (χ3n) is 9.70. The lowest BCUT2D eigenvalue weighted by molar-refractivity contribution is -0.161. The van der Waals surface area contributed by atoms with E-state index in [1.165, 1.54) is 148 Å². The van der Waals surface area contributed by atoms with Gasteiger partial charge in [-0.05, 0) is 44.9 Å². The van der Waals surface area contributed by atoms with Gasteiger partial charge in [0.15, 0.2) is 6.10 Å². The molecule has 0 unspecified atom stereocenters. The zero-order valence-corrected chi connectivity index (χ0v) is 35.3. The van der Waals surface area contributed by atoms with E-state index in [0.29, 0.717) is 6.42 Å². The summed E-state index contributed by atoms with van der Waals surface area (Å²) >= 11 is 0. The van der Waals surface area contributed by atoms with E-state index < -0.39 is 32.5 Å². The van der Waals surface area contributed by atoms with Crippen molar-refractivity contribution in [3.05, 3.63) is 24.3 Å². The van der Waals surface area contributed by atoms with E-state index in [9.17, 15) is 14.2 Å². The third-order valence-corrected chi connectivity index (χ3v) is 10.2. The third kappa shape index (κ3) is 43.1. The van der Waals surface area contributed by atoms with Crippen molar-refractivity contribution in [2.75, 3.05) is 13.2 Å². The number of allylic oxidation sites excluding steroid dienone is 4. The maximum absolute atomic E-state index is 12.4. The smallest absolute Gasteiger partial charge is 0.462 e. The van der Waals surface area contributed by atoms with Crippen molar-refractivity contribution in [2.24, 2.45) is 0 Å². The Bertz CT molecular complexity index is 915. The van der Waals surface area contributed by atoms with Gasteiger partial charge in [-0.15, -0.1) is 0 Å². The summed E-state index contributed by atoms with van der Waals surface area (Å²) in [5.41, 5.74) is 0. The van der Waals surface area contributed by atoms with Gasteiger partial charge in [0.05, 0.1) is 6.61 Å². The molecular weight excluding hydrogens is 687 g/mol. The minimum atomic E-state index is -4.76. The fourth-order valence-electron chi connectivity index (χ4n) is 6.39. The standard InChI is InChI=1S/C44H83O8P/c1-3-5-7-9-11-13-15-17-18-19-20-21-22-23-24-25-26-27-29-31-33-35-37-39-44(46)52-42(41-51-53(47,48)49)40-50-43(45)38-36-34-32-30-28-16-14-12-10-8-6-4-2/h25-26,31,33,42H,3-24,27-30,32,34-41H2,1-2H3,(H2,47,48,49)/b26-25+,33-31+/t42-/m1/s1. The van der Waals surface area contributed by atoms with E-state index in [0.717, 1.165) is 44.9 Å². The van der Waals surface area contributed by atoms with E-state index in [4.69, 9.17) is 19.3 Å². The van der Waals surface area contributed by atoms with Crippen LogP contribution in [0.4, 0.5) is 0 Å². The highest BCUT2D eigenvalue weighted by molar-refractivity contribution is 7.46. The molecule has 0 saturated carbocycles. The second-order valence-electron chi connectivity index (χ2n) is 15.0. The van der Waals surface area contributed by atoms with Gasteiger partial charge in [0, 0.05) is 12.8 Å². The second kappa shape index (κ2) is 40.2. The molecule has 0 aliphatic heterocycles. The highest BCUT2D eigenvalue weighted by Gasteiger charge is 2.22. The number of ether oxygens (including phenoxy) is 2. The maximum Gasteiger partial charge on any atom is 0.469 e. The first-order valence-electron chi connectivity index (χ1n) is 22.1. The van der Waals surface area contributed by atoms with E-state index in [1.807, 2.05) is 0 Å². The van der Waals surface area contributed by atoms with Crippen LogP contribution in [0.2, 0.25) is 0 Å². The average molecular weight is 771 g/mol. The Morgan fingerprint density at radius 1 is 0.472 bits per heavy atom. The molecule has 0 bridgehead atoms. The normalized spacial score (nSPS) is 12.6. The van der Waals surface area contributed by atoms with Crippen molar-refractivity contribution in [1.29, 1.82) is 0 Å². The fraction of sp³-hybridized carbons (Fsp3) is 0.864. The van der Waals surface area contributed by atoms with Gasteiger partial charge in [-0.25, -0.2) is 4.57 Å². The predicted molar refractivity (Wildman–Crippen MR) is 221 cm³/mol. The van der Waals surface area contributed by atoms with Crippen LogP contribution < -0.4 is 0 Å². The molecule has 312 valence electrons. The number of phosphoric acid groups is 1. The van der Waals surface area contributed by atoms with Gasteiger partial charge in [0.1, 0.15) is 6.61 Å². The summed E-state index contributed by atoms with van der Waals surface area (Å²) in [7, 11) is -4.76. The highest BCUT2D eigenvalue weighted by Crippen LogP contribution is 2.36. The van der Waals surface area contributed by atoms with Crippen LogP contribution in [-0.4, -0.2) is 41.0 Å². The van der Waals surface area contributed by atoms with Crippen LogP contribution in [0, 0.1) is 0 Å². The lowest BCUT2D eigenvalue weighted by atomic mass is 10.0. The van der Waals surface area contributed by atoms with Gasteiger partial charge in [-0.1, -0.05) is 192 Å². The average Bonchev–Trinajstić information content (AvgIpc) is 3.13. The number of esters is 2. The van der Waals surface area contributed by atoms with Gasteiger partial charge >= 0.3 is 19.8 Å². The number of unbranched alkanes of at least 4 members (excludes halogenated alkanes) is 27. The molecule has 0 aromatic heterocycles. The Morgan fingerprint density at radius 3 is 1.26 bits per heavy atom. The Kier molecular flexibility index (Phi) is 39.1. The predicted octanol–water partition coefficient (Wildman–Crippen LogP) is 13.6. The largest absolute Gasteiger partial charge is 0.469 e. The van der Waals surface area contributed by atoms with E-state index in [2.05, 4.69) is 42.7 Å². The molecule has 8 nitrogen and oxygen atoms in total. The molecule has 0 spiro atoms. The summed E-state index contributed by atoms with van der Waals surface area (Å²) in [6, 6.07) is 0. The summed E-state index contributed by atoms with van der Waals surface area (Å²) < 4.78 is 26.3. The molecule has 0 fully saturated rings. The molecule has 0 rings (SSSR count). The van der Waals surface area contributed by atoms with E-state index >= 15 is 0 Å². The first kappa shape index (κ1) is 51.5. The summed E-state index contributed by atoms with van der Waals surface area (Å²) in [4.78, 5) is 42.8. The molecular formula is C44H83O8P. The Hall–Kier alpha value is -1.47. The highest BCUT2D eigenvalue weighted by atomic mass is 31.2. The molecule has 0 aliphatic carbocycles. The summed E-state index contributed by atoms with van der Waals surface area (Å²) in [6.07, 6.45) is 46.4. The number of carbonyl (C=O) groups is 2. The van der Waals surface area contributed by atoms with Gasteiger partial charge < -0.3 is 19.3 Å². The van der Waals surface area contributed by atoms with Crippen molar-refractivity contribution in [1.82, 2.24) is 0 Å². The van der Waals surface area contributed by atoms with Crippen LogP contribution in [0.25, 0.3) is 0 Å². The number of hydrogen-bond donors (Lipinski definition) is 2. The number of hydrogen-bond acceptors (Lipinski definition) is 6. The van der Waals surface area contributed by atoms with Crippen molar-refractivity contribution >= 4 is 19.8 Å². The van der Waals surface area contributed by atoms with Crippen molar-refractivity contribution in [2.45, 2.75) is 232 Å². The lowest BCUT2D eigenvalue weighted by Crippen LogP contribution is -2.29. The summed E-state index contributed by atoms with van der Waals surface area (Å²) in [5.74, 6) is -0.926. The number of phosphoric ester groups is 1. The Labute approximate surface area is 326 Å². The molecule has 1 atom stereocenters.